The second-order valence-electron chi connectivity index (χ2n) is 13.1. The Hall–Kier alpha value is -3.78. The van der Waals surface area contributed by atoms with Gasteiger partial charge in [-0.3, -0.25) is 4.79 Å². The number of nitrogens with one attached hydrogen (secondary N) is 2. The van der Waals surface area contributed by atoms with Crippen LogP contribution >= 0.6 is 11.6 Å². The maximum atomic E-state index is 15.5. The first-order chi connectivity index (χ1) is 22.0. The van der Waals surface area contributed by atoms with Gasteiger partial charge in [-0.2, -0.15) is 5.26 Å². The maximum absolute atomic E-state index is 15.5. The molecular weight excluding hydrogens is 625 g/mol. The SMILES string of the molecule is CC(C)(C)N([SH]=O)[C@](CCC1CC1)(c1cccc(C#N)c1)c1ccc(F)c(NC(=O)[C@@H]2CCCN2C(=O)Nc2ccc(Cl)cc2)c1. The molecule has 1 saturated heterocycles. The highest BCUT2D eigenvalue weighted by Gasteiger charge is 2.46. The Bertz CT molecular complexity index is 1650. The Kier molecular flexibility index (Phi) is 10.2. The van der Waals surface area contributed by atoms with Gasteiger partial charge in [0.15, 0.2) is 0 Å². The molecule has 1 aliphatic carbocycles. The third kappa shape index (κ3) is 7.27. The monoisotopic (exact) mass is 663 g/mol. The minimum Gasteiger partial charge on any atom is -0.322 e. The lowest BCUT2D eigenvalue weighted by Crippen LogP contribution is -2.54. The molecule has 2 atom stereocenters. The van der Waals surface area contributed by atoms with Gasteiger partial charge in [0.1, 0.15) is 11.9 Å². The number of nitrogens with zero attached hydrogens (tertiary/aromatic N) is 3. The van der Waals surface area contributed by atoms with Crippen molar-refractivity contribution in [1.29, 1.82) is 5.26 Å². The number of benzene rings is 3. The molecule has 1 heterocycles. The van der Waals surface area contributed by atoms with Crippen LogP contribution in [0.25, 0.3) is 0 Å². The van der Waals surface area contributed by atoms with Crippen LogP contribution < -0.4 is 10.6 Å². The maximum Gasteiger partial charge on any atom is 0.322 e. The summed E-state index contributed by atoms with van der Waals surface area (Å²) in [5.74, 6) is -0.587. The summed E-state index contributed by atoms with van der Waals surface area (Å²) >= 11 is 5.73. The molecule has 0 bridgehead atoms. The van der Waals surface area contributed by atoms with E-state index >= 15 is 4.39 Å². The number of hydrogen-bond acceptors (Lipinski definition) is 4. The van der Waals surface area contributed by atoms with Gasteiger partial charge in [-0.1, -0.05) is 42.6 Å². The molecule has 5 rings (SSSR count). The fourth-order valence-corrected chi connectivity index (χ4v) is 7.18. The van der Waals surface area contributed by atoms with Gasteiger partial charge in [0.05, 0.1) is 34.7 Å². The van der Waals surface area contributed by atoms with E-state index in [2.05, 4.69) is 16.7 Å². The van der Waals surface area contributed by atoms with Crippen molar-refractivity contribution in [3.63, 3.8) is 0 Å². The topological polar surface area (TPSA) is 106 Å². The summed E-state index contributed by atoms with van der Waals surface area (Å²) in [4.78, 5) is 28.2. The van der Waals surface area contributed by atoms with E-state index in [1.807, 2.05) is 31.1 Å². The molecule has 1 saturated carbocycles. The van der Waals surface area contributed by atoms with E-state index in [0.717, 1.165) is 24.8 Å². The molecule has 3 amide bonds. The predicted molar refractivity (Wildman–Crippen MR) is 180 cm³/mol. The van der Waals surface area contributed by atoms with Crippen LogP contribution in [0.15, 0.2) is 66.7 Å². The van der Waals surface area contributed by atoms with E-state index < -0.39 is 34.9 Å². The number of urea groups is 1. The molecule has 0 radical (unpaired) electrons. The first-order valence-corrected chi connectivity index (χ1v) is 16.7. The summed E-state index contributed by atoms with van der Waals surface area (Å²) in [5.41, 5.74) is 0.757. The van der Waals surface area contributed by atoms with Gasteiger partial charge in [0, 0.05) is 22.8 Å². The fraction of sp³-hybridized carbons (Fsp3) is 0.400. The number of carbonyl (C=O) groups excluding carboxylic acids is 2. The van der Waals surface area contributed by atoms with Gasteiger partial charge in [-0.15, -0.1) is 0 Å². The third-order valence-electron chi connectivity index (χ3n) is 8.77. The highest BCUT2D eigenvalue weighted by molar-refractivity contribution is 7.63. The van der Waals surface area contributed by atoms with Crippen molar-refractivity contribution in [3.8, 4) is 6.07 Å². The number of hydrogen-bond donors (Lipinski definition) is 3. The molecule has 0 aromatic heterocycles. The average Bonchev–Trinajstić information content (AvgIpc) is 3.73. The van der Waals surface area contributed by atoms with E-state index in [4.69, 9.17) is 11.6 Å². The Labute approximate surface area is 278 Å². The summed E-state index contributed by atoms with van der Waals surface area (Å²) in [5, 5.41) is 15.9. The lowest BCUT2D eigenvalue weighted by molar-refractivity contribution is -0.119. The van der Waals surface area contributed by atoms with Crippen molar-refractivity contribution in [2.24, 2.45) is 5.92 Å². The predicted octanol–water partition coefficient (Wildman–Crippen LogP) is 7.38. The van der Waals surface area contributed by atoms with Crippen LogP contribution in [0.2, 0.25) is 5.02 Å². The number of nitriles is 1. The molecule has 8 nitrogen and oxygen atoms in total. The van der Waals surface area contributed by atoms with Crippen LogP contribution in [0.5, 0.6) is 0 Å². The van der Waals surface area contributed by atoms with Crippen molar-refractivity contribution in [2.45, 2.75) is 76.4 Å². The standard InChI is InChI=1S/C35H39ClFN5O3S/c1-34(2,3)42(46-45)35(18-17-23-9-10-23,25-7-4-6-24(20-25)22-38)26-11-16-29(37)30(21-26)40-32(43)31-8-5-19-41(31)33(44)39-28-14-12-27(36)13-15-28/h4,6-7,11-16,20-21,23,31,46H,5,8-10,17-19H2,1-3H3,(H,39,44)(H,40,43)/t31-,35+/m0/s1. The summed E-state index contributed by atoms with van der Waals surface area (Å²) in [7, 11) is 0. The van der Waals surface area contributed by atoms with Crippen molar-refractivity contribution in [3.05, 3.63) is 94.3 Å². The van der Waals surface area contributed by atoms with Crippen molar-refractivity contribution in [2.75, 3.05) is 17.2 Å². The van der Waals surface area contributed by atoms with Gasteiger partial charge in [0.25, 0.3) is 0 Å². The highest BCUT2D eigenvalue weighted by atomic mass is 35.5. The quantitative estimate of drug-likeness (QED) is 0.197. The minimum absolute atomic E-state index is 0.0314. The number of anilines is 2. The number of amides is 3. The first kappa shape index (κ1) is 33.6. The number of rotatable bonds is 10. The van der Waals surface area contributed by atoms with E-state index in [-0.39, 0.29) is 17.5 Å². The van der Waals surface area contributed by atoms with E-state index in [0.29, 0.717) is 53.6 Å². The van der Waals surface area contributed by atoms with Gasteiger partial charge in [-0.05, 0) is 112 Å². The van der Waals surface area contributed by atoms with E-state index in [1.165, 1.54) is 11.0 Å². The largest absolute Gasteiger partial charge is 0.322 e. The molecule has 242 valence electrons. The van der Waals surface area contributed by atoms with Crippen LogP contribution in [0.4, 0.5) is 20.6 Å². The molecule has 3 aromatic carbocycles. The zero-order valence-electron chi connectivity index (χ0n) is 26.2. The fourth-order valence-electron chi connectivity index (χ4n) is 6.34. The molecule has 2 aliphatic rings. The second kappa shape index (κ2) is 13.9. The van der Waals surface area contributed by atoms with Crippen LogP contribution in [0.3, 0.4) is 0 Å². The zero-order chi connectivity index (χ0) is 33.1. The van der Waals surface area contributed by atoms with Crippen LogP contribution in [-0.4, -0.2) is 43.5 Å². The summed E-state index contributed by atoms with van der Waals surface area (Å²) in [6, 6.07) is 19.5. The molecular formula is C35H39ClFN5O3S. The molecule has 0 unspecified atom stereocenters. The van der Waals surface area contributed by atoms with E-state index in [1.54, 1.807) is 54.6 Å². The molecule has 2 fully saturated rings. The number of halogens is 2. The molecule has 11 heteroatoms. The summed E-state index contributed by atoms with van der Waals surface area (Å²) < 4.78 is 30.4. The Morgan fingerprint density at radius 3 is 2.41 bits per heavy atom. The molecule has 2 N–H and O–H groups in total. The number of likely N-dealkylation sites (tertiary alicyclic amines) is 1. The third-order valence-corrected chi connectivity index (χ3v) is 10.1. The van der Waals surface area contributed by atoms with Crippen LogP contribution in [0.1, 0.15) is 76.0 Å². The number of carbonyl (C=O) groups is 2. The van der Waals surface area contributed by atoms with Gasteiger partial charge in [-0.25, -0.2) is 17.7 Å². The van der Waals surface area contributed by atoms with Gasteiger partial charge >= 0.3 is 6.03 Å². The summed E-state index contributed by atoms with van der Waals surface area (Å²) in [6.07, 6.45) is 4.70. The first-order valence-electron chi connectivity index (χ1n) is 15.5. The van der Waals surface area contributed by atoms with Crippen molar-refractivity contribution in [1.82, 2.24) is 9.21 Å². The smallest absolute Gasteiger partial charge is 0.322 e. The minimum atomic E-state index is -1.01. The Morgan fingerprint density at radius 1 is 1.04 bits per heavy atom. The average molecular weight is 664 g/mol. The summed E-state index contributed by atoms with van der Waals surface area (Å²) in [6.45, 7) is 6.28. The molecule has 0 spiro atoms. The lowest BCUT2D eigenvalue weighted by atomic mass is 9.76. The Balaban J connectivity index is 1.50. The van der Waals surface area contributed by atoms with E-state index in [9.17, 15) is 19.1 Å². The molecule has 3 aromatic rings. The van der Waals surface area contributed by atoms with Crippen LogP contribution in [-0.2, 0) is 22.2 Å². The van der Waals surface area contributed by atoms with Crippen LogP contribution in [0, 0.1) is 23.1 Å². The lowest BCUT2D eigenvalue weighted by Gasteiger charge is -2.48. The Morgan fingerprint density at radius 2 is 1.76 bits per heavy atom. The number of thiol groups is 1. The van der Waals surface area contributed by atoms with Crippen molar-refractivity contribution < 1.29 is 18.2 Å². The zero-order valence-corrected chi connectivity index (χ0v) is 27.9. The van der Waals surface area contributed by atoms with Gasteiger partial charge in [0.2, 0.25) is 5.91 Å². The normalized spacial score (nSPS) is 17.8. The van der Waals surface area contributed by atoms with Gasteiger partial charge < -0.3 is 15.5 Å². The molecule has 46 heavy (non-hydrogen) atoms. The second-order valence-corrected chi connectivity index (χ2v) is 14.1. The van der Waals surface area contributed by atoms with Crippen molar-refractivity contribution >= 4 is 46.8 Å². The molecule has 1 aliphatic heterocycles. The highest BCUT2D eigenvalue weighted by Crippen LogP contribution is 2.48.